The number of anilines is 1. The standard InChI is InChI=1S/C15H16F2N4OS/c1-8(14(22)18-12-10(16)4-3-5-11(12)17)23-15-20-19-13(21(15)2)9-6-7-9/h3-5,8-9H,6-7H2,1-2H3,(H,18,22)/t8-/m1/s1. The SMILES string of the molecule is C[C@@H](Sc1nnc(C2CC2)n1C)C(=O)Nc1c(F)cccc1F. The van der Waals surface area contributed by atoms with Crippen molar-refractivity contribution in [2.24, 2.45) is 7.05 Å². The van der Waals surface area contributed by atoms with Crippen LogP contribution >= 0.6 is 11.8 Å². The lowest BCUT2D eigenvalue weighted by Gasteiger charge is -2.12. The molecule has 1 saturated carbocycles. The normalized spacial score (nSPS) is 15.5. The van der Waals surface area contributed by atoms with Crippen LogP contribution in [0.3, 0.4) is 0 Å². The average Bonchev–Trinajstić information content (AvgIpc) is 3.29. The van der Waals surface area contributed by atoms with Crippen molar-refractivity contribution in [1.29, 1.82) is 0 Å². The van der Waals surface area contributed by atoms with Gasteiger partial charge in [-0.15, -0.1) is 10.2 Å². The third-order valence-electron chi connectivity index (χ3n) is 3.67. The molecule has 0 unspecified atom stereocenters. The Morgan fingerprint density at radius 3 is 2.61 bits per heavy atom. The van der Waals surface area contributed by atoms with Crippen LogP contribution in [0.5, 0.6) is 0 Å². The molecule has 1 aromatic carbocycles. The smallest absolute Gasteiger partial charge is 0.237 e. The maximum Gasteiger partial charge on any atom is 0.237 e. The van der Waals surface area contributed by atoms with Crippen LogP contribution in [-0.2, 0) is 11.8 Å². The number of benzene rings is 1. The van der Waals surface area contributed by atoms with Crippen molar-refractivity contribution in [3.8, 4) is 0 Å². The van der Waals surface area contributed by atoms with E-state index in [0.29, 0.717) is 11.1 Å². The summed E-state index contributed by atoms with van der Waals surface area (Å²) in [6.45, 7) is 1.66. The number of halogens is 2. The Balaban J connectivity index is 1.68. The molecular formula is C15H16F2N4OS. The van der Waals surface area contributed by atoms with E-state index >= 15 is 0 Å². The second-order valence-electron chi connectivity index (χ2n) is 5.52. The van der Waals surface area contributed by atoms with E-state index in [0.717, 1.165) is 30.8 Å². The first-order chi connectivity index (χ1) is 11.0. The highest BCUT2D eigenvalue weighted by Gasteiger charge is 2.30. The van der Waals surface area contributed by atoms with Crippen molar-refractivity contribution in [3.63, 3.8) is 0 Å². The number of nitrogens with one attached hydrogen (secondary N) is 1. The van der Waals surface area contributed by atoms with E-state index < -0.39 is 28.5 Å². The molecule has 1 aromatic heterocycles. The number of thioether (sulfide) groups is 1. The van der Waals surface area contributed by atoms with Gasteiger partial charge < -0.3 is 9.88 Å². The first-order valence-corrected chi connectivity index (χ1v) is 8.16. The van der Waals surface area contributed by atoms with Crippen molar-refractivity contribution in [1.82, 2.24) is 14.8 Å². The molecule has 0 spiro atoms. The molecule has 1 fully saturated rings. The molecule has 0 saturated heterocycles. The molecule has 1 N–H and O–H groups in total. The highest BCUT2D eigenvalue weighted by Crippen LogP contribution is 2.39. The Morgan fingerprint density at radius 2 is 2.00 bits per heavy atom. The van der Waals surface area contributed by atoms with E-state index in [9.17, 15) is 13.6 Å². The molecule has 1 aliphatic carbocycles. The number of carbonyl (C=O) groups excluding carboxylic acids is 1. The van der Waals surface area contributed by atoms with Gasteiger partial charge in [0.2, 0.25) is 5.91 Å². The van der Waals surface area contributed by atoms with Gasteiger partial charge in [0.05, 0.1) is 5.25 Å². The largest absolute Gasteiger partial charge is 0.320 e. The summed E-state index contributed by atoms with van der Waals surface area (Å²) >= 11 is 1.21. The third-order valence-corrected chi connectivity index (χ3v) is 4.81. The van der Waals surface area contributed by atoms with E-state index in [1.165, 1.54) is 17.8 Å². The quantitative estimate of drug-likeness (QED) is 0.851. The van der Waals surface area contributed by atoms with Gasteiger partial charge in [-0.3, -0.25) is 4.79 Å². The molecule has 1 heterocycles. The van der Waals surface area contributed by atoms with Gasteiger partial charge in [0, 0.05) is 13.0 Å². The number of hydrogen-bond donors (Lipinski definition) is 1. The number of aromatic nitrogens is 3. The molecule has 3 rings (SSSR count). The summed E-state index contributed by atoms with van der Waals surface area (Å²) in [6.07, 6.45) is 2.22. The topological polar surface area (TPSA) is 59.8 Å². The van der Waals surface area contributed by atoms with Crippen molar-refractivity contribution in [3.05, 3.63) is 35.7 Å². The molecule has 1 amide bonds. The number of carbonyl (C=O) groups is 1. The van der Waals surface area contributed by atoms with Crippen LogP contribution in [0.1, 0.15) is 31.5 Å². The van der Waals surface area contributed by atoms with Crippen LogP contribution in [0.25, 0.3) is 0 Å². The minimum Gasteiger partial charge on any atom is -0.320 e. The predicted octanol–water partition coefficient (Wildman–Crippen LogP) is 3.09. The minimum absolute atomic E-state index is 0.429. The molecule has 0 radical (unpaired) electrons. The molecule has 122 valence electrons. The van der Waals surface area contributed by atoms with Crippen molar-refractivity contribution in [2.45, 2.75) is 36.1 Å². The maximum absolute atomic E-state index is 13.6. The summed E-state index contributed by atoms with van der Waals surface area (Å²) in [4.78, 5) is 12.2. The van der Waals surface area contributed by atoms with E-state index in [1.54, 1.807) is 6.92 Å². The molecule has 0 aliphatic heterocycles. The van der Waals surface area contributed by atoms with E-state index in [-0.39, 0.29) is 0 Å². The lowest BCUT2D eigenvalue weighted by Crippen LogP contribution is -2.24. The first kappa shape index (κ1) is 15.9. The highest BCUT2D eigenvalue weighted by atomic mass is 32.2. The summed E-state index contributed by atoms with van der Waals surface area (Å²) in [5.74, 6) is -0.718. The van der Waals surface area contributed by atoms with E-state index in [2.05, 4.69) is 15.5 Å². The maximum atomic E-state index is 13.6. The Hall–Kier alpha value is -1.96. The van der Waals surface area contributed by atoms with Crippen molar-refractivity contribution in [2.75, 3.05) is 5.32 Å². The van der Waals surface area contributed by atoms with E-state index in [4.69, 9.17) is 0 Å². The van der Waals surface area contributed by atoms with Gasteiger partial charge in [0.25, 0.3) is 0 Å². The molecule has 1 atom stereocenters. The summed E-state index contributed by atoms with van der Waals surface area (Å²) in [6, 6.07) is 3.44. The van der Waals surface area contributed by atoms with Gasteiger partial charge >= 0.3 is 0 Å². The highest BCUT2D eigenvalue weighted by molar-refractivity contribution is 8.00. The number of nitrogens with zero attached hydrogens (tertiary/aromatic N) is 3. The van der Waals surface area contributed by atoms with Crippen LogP contribution in [0.2, 0.25) is 0 Å². The van der Waals surface area contributed by atoms with Crippen LogP contribution in [0, 0.1) is 11.6 Å². The van der Waals surface area contributed by atoms with Crippen molar-refractivity contribution >= 4 is 23.4 Å². The zero-order chi connectivity index (χ0) is 16.6. The third kappa shape index (κ3) is 3.36. The summed E-state index contributed by atoms with van der Waals surface area (Å²) in [7, 11) is 1.86. The second kappa shape index (κ2) is 6.27. The zero-order valence-corrected chi connectivity index (χ0v) is 13.5. The minimum atomic E-state index is -0.801. The fourth-order valence-corrected chi connectivity index (χ4v) is 3.00. The van der Waals surface area contributed by atoms with Gasteiger partial charge in [0.1, 0.15) is 23.1 Å². The van der Waals surface area contributed by atoms with Crippen LogP contribution in [0.4, 0.5) is 14.5 Å². The molecule has 8 heteroatoms. The summed E-state index contributed by atoms with van der Waals surface area (Å²) in [5.41, 5.74) is -0.429. The van der Waals surface area contributed by atoms with Gasteiger partial charge in [0.15, 0.2) is 5.16 Å². The predicted molar refractivity (Wildman–Crippen MR) is 83.3 cm³/mol. The van der Waals surface area contributed by atoms with Crippen LogP contribution in [-0.4, -0.2) is 25.9 Å². The Morgan fingerprint density at radius 1 is 1.35 bits per heavy atom. The monoisotopic (exact) mass is 338 g/mol. The average molecular weight is 338 g/mol. The first-order valence-electron chi connectivity index (χ1n) is 7.28. The van der Waals surface area contributed by atoms with Gasteiger partial charge in [-0.1, -0.05) is 17.8 Å². The molecule has 2 aromatic rings. The number of amides is 1. The molecule has 23 heavy (non-hydrogen) atoms. The van der Waals surface area contributed by atoms with Gasteiger partial charge in [-0.25, -0.2) is 8.78 Å². The van der Waals surface area contributed by atoms with Gasteiger partial charge in [-0.2, -0.15) is 0 Å². The molecule has 1 aliphatic rings. The molecule has 5 nitrogen and oxygen atoms in total. The number of rotatable bonds is 5. The van der Waals surface area contributed by atoms with E-state index in [1.807, 2.05) is 11.6 Å². The Labute approximate surface area is 136 Å². The summed E-state index contributed by atoms with van der Waals surface area (Å²) < 4.78 is 29.0. The number of hydrogen-bond acceptors (Lipinski definition) is 4. The fourth-order valence-electron chi connectivity index (χ4n) is 2.18. The molecule has 0 bridgehead atoms. The Bertz CT molecular complexity index is 725. The zero-order valence-electron chi connectivity index (χ0n) is 12.7. The fraction of sp³-hybridized carbons (Fsp3) is 0.400. The second-order valence-corrected chi connectivity index (χ2v) is 6.83. The Kier molecular flexibility index (Phi) is 4.34. The summed E-state index contributed by atoms with van der Waals surface area (Å²) in [5, 5.41) is 10.6. The lowest BCUT2D eigenvalue weighted by atomic mass is 10.3. The molecular weight excluding hydrogens is 322 g/mol. The van der Waals surface area contributed by atoms with Crippen LogP contribution < -0.4 is 5.32 Å². The lowest BCUT2D eigenvalue weighted by molar-refractivity contribution is -0.115. The van der Waals surface area contributed by atoms with Gasteiger partial charge in [-0.05, 0) is 31.9 Å². The number of para-hydroxylation sites is 1. The van der Waals surface area contributed by atoms with Crippen molar-refractivity contribution < 1.29 is 13.6 Å². The van der Waals surface area contributed by atoms with Crippen LogP contribution in [0.15, 0.2) is 23.4 Å².